The van der Waals surface area contributed by atoms with Gasteiger partial charge in [-0.1, -0.05) is 12.1 Å². The minimum absolute atomic E-state index is 0.0209. The number of aryl methyl sites for hydroxylation is 1. The van der Waals surface area contributed by atoms with Crippen molar-refractivity contribution in [3.63, 3.8) is 0 Å². The molecule has 0 fully saturated rings. The van der Waals surface area contributed by atoms with Gasteiger partial charge in [0, 0.05) is 11.3 Å². The number of nitrogens with one attached hydrogen (secondary N) is 1. The van der Waals surface area contributed by atoms with Crippen LogP contribution in [0.3, 0.4) is 0 Å². The van der Waals surface area contributed by atoms with E-state index in [0.29, 0.717) is 22.7 Å². The molecule has 5 nitrogen and oxygen atoms in total. The Labute approximate surface area is 147 Å². The molecule has 0 aromatic heterocycles. The van der Waals surface area contributed by atoms with E-state index in [2.05, 4.69) is 5.32 Å². The van der Waals surface area contributed by atoms with E-state index in [1.165, 1.54) is 13.2 Å². The minimum Gasteiger partial charge on any atom is -0.497 e. The number of nitriles is 1. The Morgan fingerprint density at radius 3 is 2.56 bits per heavy atom. The maximum atomic E-state index is 12.5. The zero-order chi connectivity index (χ0) is 18.4. The Bertz CT molecular complexity index is 864. The lowest BCUT2D eigenvalue weighted by Gasteiger charge is -2.11. The van der Waals surface area contributed by atoms with Crippen molar-refractivity contribution in [3.8, 4) is 17.6 Å². The topological polar surface area (TPSA) is 71.3 Å². The normalized spacial score (nSPS) is 10.8. The molecule has 1 amide bonds. The number of anilines is 1. The van der Waals surface area contributed by atoms with Gasteiger partial charge in [-0.3, -0.25) is 4.79 Å². The highest BCUT2D eigenvalue weighted by atomic mass is 16.5. The molecule has 5 heteroatoms. The van der Waals surface area contributed by atoms with Crippen LogP contribution < -0.4 is 14.8 Å². The quantitative estimate of drug-likeness (QED) is 0.665. The largest absolute Gasteiger partial charge is 0.497 e. The number of rotatable bonds is 5. The van der Waals surface area contributed by atoms with Crippen molar-refractivity contribution in [3.05, 3.63) is 58.7 Å². The third-order valence-corrected chi connectivity index (χ3v) is 3.95. The fourth-order valence-corrected chi connectivity index (χ4v) is 2.33. The van der Waals surface area contributed by atoms with Crippen LogP contribution in [0.25, 0.3) is 6.08 Å². The Kier molecular flexibility index (Phi) is 5.80. The summed E-state index contributed by atoms with van der Waals surface area (Å²) < 4.78 is 10.5. The monoisotopic (exact) mass is 336 g/mol. The van der Waals surface area contributed by atoms with Crippen LogP contribution in [0.5, 0.6) is 11.5 Å². The second-order valence-electron chi connectivity index (χ2n) is 5.48. The summed E-state index contributed by atoms with van der Waals surface area (Å²) in [5, 5.41) is 12.2. The van der Waals surface area contributed by atoms with Gasteiger partial charge >= 0.3 is 0 Å². The van der Waals surface area contributed by atoms with Crippen LogP contribution in [0.1, 0.15) is 16.7 Å². The fourth-order valence-electron chi connectivity index (χ4n) is 2.33. The number of carbonyl (C=O) groups excluding carboxylic acids is 1. The predicted octanol–water partition coefficient (Wildman–Crippen LogP) is 3.87. The van der Waals surface area contributed by atoms with Gasteiger partial charge in [0.2, 0.25) is 0 Å². The van der Waals surface area contributed by atoms with E-state index in [-0.39, 0.29) is 5.57 Å². The minimum atomic E-state index is -0.471. The van der Waals surface area contributed by atoms with Crippen molar-refractivity contribution >= 4 is 17.7 Å². The second-order valence-corrected chi connectivity index (χ2v) is 5.48. The van der Waals surface area contributed by atoms with E-state index in [0.717, 1.165) is 11.1 Å². The third-order valence-electron chi connectivity index (χ3n) is 3.95. The van der Waals surface area contributed by atoms with Crippen molar-refractivity contribution < 1.29 is 14.3 Å². The summed E-state index contributed by atoms with van der Waals surface area (Å²) in [6.07, 6.45) is 1.49. The maximum absolute atomic E-state index is 12.5. The molecule has 0 atom stereocenters. The van der Waals surface area contributed by atoms with E-state index in [1.807, 2.05) is 32.0 Å². The summed E-state index contributed by atoms with van der Waals surface area (Å²) in [6, 6.07) is 12.8. The van der Waals surface area contributed by atoms with E-state index >= 15 is 0 Å². The molecular formula is C20H20N2O3. The van der Waals surface area contributed by atoms with Gasteiger partial charge in [0.1, 0.15) is 23.1 Å². The lowest BCUT2D eigenvalue weighted by Crippen LogP contribution is -2.14. The lowest BCUT2D eigenvalue weighted by atomic mass is 10.1. The average molecular weight is 336 g/mol. The number of hydrogen-bond acceptors (Lipinski definition) is 4. The smallest absolute Gasteiger partial charge is 0.266 e. The van der Waals surface area contributed by atoms with E-state index in [1.54, 1.807) is 31.4 Å². The van der Waals surface area contributed by atoms with Gasteiger partial charge in [0.15, 0.2) is 0 Å². The molecule has 2 aromatic carbocycles. The van der Waals surface area contributed by atoms with Gasteiger partial charge in [-0.2, -0.15) is 5.26 Å². The molecule has 0 heterocycles. The zero-order valence-electron chi connectivity index (χ0n) is 14.7. The number of benzene rings is 2. The number of methoxy groups -OCH3 is 2. The average Bonchev–Trinajstić information content (AvgIpc) is 2.63. The first-order valence-corrected chi connectivity index (χ1v) is 7.71. The van der Waals surface area contributed by atoms with Gasteiger partial charge in [-0.25, -0.2) is 0 Å². The number of amides is 1. The van der Waals surface area contributed by atoms with Crippen LogP contribution >= 0.6 is 0 Å². The molecule has 0 radical (unpaired) electrons. The van der Waals surface area contributed by atoms with Crippen molar-refractivity contribution in [1.29, 1.82) is 5.26 Å². The van der Waals surface area contributed by atoms with Gasteiger partial charge < -0.3 is 14.8 Å². The summed E-state index contributed by atoms with van der Waals surface area (Å²) in [4.78, 5) is 12.5. The Balaban J connectivity index is 2.36. The molecule has 25 heavy (non-hydrogen) atoms. The Hall–Kier alpha value is -3.26. The molecule has 2 aromatic rings. The van der Waals surface area contributed by atoms with Crippen LogP contribution in [-0.2, 0) is 4.79 Å². The molecule has 1 N–H and O–H groups in total. The van der Waals surface area contributed by atoms with E-state index < -0.39 is 5.91 Å². The van der Waals surface area contributed by atoms with Crippen molar-refractivity contribution in [2.75, 3.05) is 19.5 Å². The predicted molar refractivity (Wildman–Crippen MR) is 97.7 cm³/mol. The molecule has 0 saturated carbocycles. The van der Waals surface area contributed by atoms with Crippen LogP contribution in [-0.4, -0.2) is 20.1 Å². The molecular weight excluding hydrogens is 316 g/mol. The van der Waals surface area contributed by atoms with Gasteiger partial charge in [0.25, 0.3) is 5.91 Å². The molecule has 2 rings (SSSR count). The molecule has 0 aliphatic heterocycles. The first kappa shape index (κ1) is 18.1. The third kappa shape index (κ3) is 4.18. The highest BCUT2D eigenvalue weighted by Crippen LogP contribution is 2.26. The summed E-state index contributed by atoms with van der Waals surface area (Å²) in [5.41, 5.74) is 3.28. The molecule has 0 saturated heterocycles. The highest BCUT2D eigenvalue weighted by molar-refractivity contribution is 6.10. The fraction of sp³-hybridized carbons (Fsp3) is 0.200. The van der Waals surface area contributed by atoms with Crippen molar-refractivity contribution in [2.45, 2.75) is 13.8 Å². The molecule has 0 aliphatic rings. The molecule has 0 spiro atoms. The highest BCUT2D eigenvalue weighted by Gasteiger charge is 2.13. The molecule has 0 unspecified atom stereocenters. The van der Waals surface area contributed by atoms with Gasteiger partial charge in [0.05, 0.1) is 14.2 Å². The molecule has 0 aliphatic carbocycles. The van der Waals surface area contributed by atoms with Gasteiger partial charge in [-0.15, -0.1) is 0 Å². The van der Waals surface area contributed by atoms with E-state index in [4.69, 9.17) is 9.47 Å². The standard InChI is InChI=1S/C20H20N2O3/c1-13-6-5-7-18(14(13)2)22-20(23)16(12-21)10-15-11-17(24-3)8-9-19(15)25-4/h5-11H,1-4H3,(H,22,23). The number of carbonyl (C=O) groups is 1. The van der Waals surface area contributed by atoms with E-state index in [9.17, 15) is 10.1 Å². The summed E-state index contributed by atoms with van der Waals surface area (Å²) in [5.74, 6) is 0.688. The molecule has 128 valence electrons. The summed E-state index contributed by atoms with van der Waals surface area (Å²) in [7, 11) is 3.08. The van der Waals surface area contributed by atoms with Crippen LogP contribution in [0.2, 0.25) is 0 Å². The Morgan fingerprint density at radius 1 is 1.16 bits per heavy atom. The van der Waals surface area contributed by atoms with Crippen LogP contribution in [0.15, 0.2) is 42.0 Å². The number of ether oxygens (including phenoxy) is 2. The summed E-state index contributed by atoms with van der Waals surface area (Å²) in [6.45, 7) is 3.89. The lowest BCUT2D eigenvalue weighted by molar-refractivity contribution is -0.112. The van der Waals surface area contributed by atoms with Crippen LogP contribution in [0, 0.1) is 25.2 Å². The zero-order valence-corrected chi connectivity index (χ0v) is 14.7. The first-order chi connectivity index (χ1) is 12.0. The number of nitrogens with zero attached hydrogens (tertiary/aromatic N) is 1. The number of hydrogen-bond donors (Lipinski definition) is 1. The molecule has 0 bridgehead atoms. The first-order valence-electron chi connectivity index (χ1n) is 7.71. The SMILES string of the molecule is COc1ccc(OC)c(C=C(C#N)C(=O)Nc2cccc(C)c2C)c1. The van der Waals surface area contributed by atoms with Gasteiger partial charge in [-0.05, 0) is 55.3 Å². The van der Waals surface area contributed by atoms with Crippen LogP contribution in [0.4, 0.5) is 5.69 Å². The maximum Gasteiger partial charge on any atom is 0.266 e. The second kappa shape index (κ2) is 8.02. The van der Waals surface area contributed by atoms with Crippen molar-refractivity contribution in [1.82, 2.24) is 0 Å². The Morgan fingerprint density at radius 2 is 1.92 bits per heavy atom. The summed E-state index contributed by atoms with van der Waals surface area (Å²) >= 11 is 0. The van der Waals surface area contributed by atoms with Crippen molar-refractivity contribution in [2.24, 2.45) is 0 Å².